The molecule has 4 rings (SSSR count). The molecule has 0 atom stereocenters. The number of phenolic OH excluding ortho intramolecular Hbond substituents is 4. The lowest BCUT2D eigenvalue weighted by Gasteiger charge is -2.22. The monoisotopic (exact) mass is 562 g/mol. The Morgan fingerprint density at radius 2 is 1.18 bits per heavy atom. The third kappa shape index (κ3) is 9.19. The van der Waals surface area contributed by atoms with Crippen LogP contribution in [-0.4, -0.2) is 38.5 Å². The predicted molar refractivity (Wildman–Crippen MR) is 143 cm³/mol. The maximum absolute atomic E-state index is 12.4. The molecule has 3 aromatic carbocycles. The van der Waals surface area contributed by atoms with Crippen molar-refractivity contribution >= 4 is 29.1 Å². The van der Waals surface area contributed by atoms with E-state index in [-0.39, 0.29) is 46.4 Å². The Hall–Kier alpha value is -4.81. The summed E-state index contributed by atoms with van der Waals surface area (Å²) in [6, 6.07) is 10.7. The minimum absolute atomic E-state index is 0.0364. The van der Waals surface area contributed by atoms with Crippen LogP contribution in [0.1, 0.15) is 37.7 Å². The van der Waals surface area contributed by atoms with E-state index in [0.29, 0.717) is 5.69 Å². The number of amides is 4. The van der Waals surface area contributed by atoms with Crippen LogP contribution < -0.4 is 21.3 Å². The molecule has 0 bridgehead atoms. The molecule has 1 saturated carbocycles. The number of urea groups is 2. The normalized spacial score (nSPS) is 13.4. The van der Waals surface area contributed by atoms with Gasteiger partial charge in [0.15, 0.2) is 0 Å². The van der Waals surface area contributed by atoms with Gasteiger partial charge < -0.3 is 41.7 Å². The molecule has 0 aliphatic heterocycles. The number of carbonyl (C=O) groups is 2. The van der Waals surface area contributed by atoms with Crippen molar-refractivity contribution in [1.29, 1.82) is 0 Å². The third-order valence-corrected chi connectivity index (χ3v) is 5.87. The molecule has 1 aliphatic carbocycles. The van der Waals surface area contributed by atoms with E-state index in [1.165, 1.54) is 36.8 Å². The van der Waals surface area contributed by atoms with Gasteiger partial charge in [0, 0.05) is 23.9 Å². The number of benzene rings is 3. The zero-order valence-corrected chi connectivity index (χ0v) is 21.1. The largest absolute Gasteiger partial charge is 0.508 e. The van der Waals surface area contributed by atoms with Crippen molar-refractivity contribution in [2.24, 2.45) is 0 Å². The van der Waals surface area contributed by atoms with Gasteiger partial charge in [0.2, 0.25) is 0 Å². The van der Waals surface area contributed by atoms with Crippen LogP contribution in [0.5, 0.6) is 23.0 Å². The summed E-state index contributed by atoms with van der Waals surface area (Å²) in [5.41, 5.74) is -0.332. The predicted octanol–water partition coefficient (Wildman–Crippen LogP) is 6.31. The maximum Gasteiger partial charge on any atom is 0.416 e. The molecule has 0 radical (unpaired) electrons. The van der Waals surface area contributed by atoms with E-state index >= 15 is 0 Å². The van der Waals surface area contributed by atoms with Gasteiger partial charge in [-0.05, 0) is 61.4 Å². The zero-order valence-electron chi connectivity index (χ0n) is 21.1. The molecular weight excluding hydrogens is 533 g/mol. The van der Waals surface area contributed by atoms with E-state index in [1.54, 1.807) is 0 Å². The number of carbonyl (C=O) groups excluding carboxylic acids is 2. The van der Waals surface area contributed by atoms with E-state index in [9.17, 15) is 33.0 Å². The number of halogens is 3. The molecule has 4 amide bonds. The lowest BCUT2D eigenvalue weighted by Crippen LogP contribution is -2.39. The Kier molecular flexibility index (Phi) is 9.90. The second-order valence-electron chi connectivity index (χ2n) is 8.99. The number of hydrogen-bond acceptors (Lipinski definition) is 6. The fourth-order valence-corrected chi connectivity index (χ4v) is 3.87. The van der Waals surface area contributed by atoms with Gasteiger partial charge in [-0.2, -0.15) is 13.2 Å². The Balaban J connectivity index is 0.000000225. The Labute approximate surface area is 227 Å². The molecule has 3 aromatic rings. The average molecular weight is 563 g/mol. The SMILES string of the molecule is O=C(Nc1ccc(C(F)(F)F)cc1)Nc1ccc(O)cc1O.O=C(Nc1ccc(O)cc1O)NC1CCCCC1. The molecule has 1 aliphatic rings. The van der Waals surface area contributed by atoms with Crippen LogP contribution >= 0.6 is 0 Å². The smallest absolute Gasteiger partial charge is 0.416 e. The number of phenols is 4. The summed E-state index contributed by atoms with van der Waals surface area (Å²) in [6.45, 7) is 0. The fourth-order valence-electron chi connectivity index (χ4n) is 3.87. The van der Waals surface area contributed by atoms with E-state index in [0.717, 1.165) is 56.0 Å². The molecule has 13 heteroatoms. The van der Waals surface area contributed by atoms with Gasteiger partial charge in [0.25, 0.3) is 0 Å². The van der Waals surface area contributed by atoms with Gasteiger partial charge in [-0.1, -0.05) is 19.3 Å². The minimum atomic E-state index is -4.45. The summed E-state index contributed by atoms with van der Waals surface area (Å²) in [6.07, 6.45) is 1.10. The third-order valence-electron chi connectivity index (χ3n) is 5.87. The van der Waals surface area contributed by atoms with Gasteiger partial charge in [0.1, 0.15) is 23.0 Å². The van der Waals surface area contributed by atoms with E-state index in [4.69, 9.17) is 10.2 Å². The van der Waals surface area contributed by atoms with Crippen LogP contribution in [0.25, 0.3) is 0 Å². The minimum Gasteiger partial charge on any atom is -0.508 e. The van der Waals surface area contributed by atoms with Crippen molar-refractivity contribution in [2.45, 2.75) is 44.3 Å². The highest BCUT2D eigenvalue weighted by Crippen LogP contribution is 2.31. The highest BCUT2D eigenvalue weighted by atomic mass is 19.4. The van der Waals surface area contributed by atoms with Gasteiger partial charge >= 0.3 is 18.2 Å². The number of anilines is 3. The van der Waals surface area contributed by atoms with Crippen molar-refractivity contribution in [1.82, 2.24) is 5.32 Å². The highest BCUT2D eigenvalue weighted by molar-refractivity contribution is 6.00. The first-order chi connectivity index (χ1) is 18.9. The van der Waals surface area contributed by atoms with Gasteiger partial charge in [-0.3, -0.25) is 0 Å². The van der Waals surface area contributed by atoms with Crippen LogP contribution in [-0.2, 0) is 6.18 Å². The standard InChI is InChI=1S/C14H11F3N2O3.C13H18N2O3/c15-14(16,17)8-1-3-9(4-2-8)18-13(22)19-11-6-5-10(20)7-12(11)21;16-10-6-7-11(12(17)8-10)15-13(18)14-9-4-2-1-3-5-9/h1-7,20-21H,(H2,18,19,22);6-9,16-17H,1-5H2,(H2,14,15,18). The molecule has 0 unspecified atom stereocenters. The van der Waals surface area contributed by atoms with Gasteiger partial charge in [0.05, 0.1) is 16.9 Å². The number of nitrogens with one attached hydrogen (secondary N) is 4. The van der Waals surface area contributed by atoms with Crippen LogP contribution in [0.4, 0.5) is 39.8 Å². The molecule has 0 saturated heterocycles. The lowest BCUT2D eigenvalue weighted by molar-refractivity contribution is -0.137. The Bertz CT molecular complexity index is 1310. The van der Waals surface area contributed by atoms with E-state index in [2.05, 4.69) is 21.3 Å². The molecule has 0 spiro atoms. The summed E-state index contributed by atoms with van der Waals surface area (Å²) in [7, 11) is 0. The second-order valence-corrected chi connectivity index (χ2v) is 8.99. The maximum atomic E-state index is 12.4. The summed E-state index contributed by atoms with van der Waals surface area (Å²) in [5, 5.41) is 47.4. The number of rotatable bonds is 4. The topological polar surface area (TPSA) is 163 Å². The van der Waals surface area contributed by atoms with Crippen LogP contribution in [0.2, 0.25) is 0 Å². The fraction of sp³-hybridized carbons (Fsp3) is 0.259. The summed E-state index contributed by atoms with van der Waals surface area (Å²) in [4.78, 5) is 23.4. The first-order valence-corrected chi connectivity index (χ1v) is 12.3. The van der Waals surface area contributed by atoms with Crippen molar-refractivity contribution in [3.63, 3.8) is 0 Å². The molecule has 40 heavy (non-hydrogen) atoms. The molecule has 10 nitrogen and oxygen atoms in total. The van der Waals surface area contributed by atoms with Crippen LogP contribution in [0, 0.1) is 0 Å². The van der Waals surface area contributed by atoms with Crippen molar-refractivity contribution in [3.05, 3.63) is 66.2 Å². The van der Waals surface area contributed by atoms with Crippen molar-refractivity contribution < 1.29 is 43.2 Å². The summed E-state index contributed by atoms with van der Waals surface area (Å²) >= 11 is 0. The first-order valence-electron chi connectivity index (χ1n) is 12.3. The van der Waals surface area contributed by atoms with Gasteiger partial charge in [-0.15, -0.1) is 0 Å². The van der Waals surface area contributed by atoms with Crippen LogP contribution in [0.15, 0.2) is 60.7 Å². The molecule has 1 fully saturated rings. The molecule has 0 aromatic heterocycles. The Morgan fingerprint density at radius 1 is 0.675 bits per heavy atom. The molecule has 0 heterocycles. The van der Waals surface area contributed by atoms with Crippen LogP contribution in [0.3, 0.4) is 0 Å². The molecule has 214 valence electrons. The summed E-state index contributed by atoms with van der Waals surface area (Å²) < 4.78 is 37.2. The number of hydrogen-bond donors (Lipinski definition) is 8. The molecule has 8 N–H and O–H groups in total. The second kappa shape index (κ2) is 13.3. The van der Waals surface area contributed by atoms with Crippen molar-refractivity contribution in [3.8, 4) is 23.0 Å². The summed E-state index contributed by atoms with van der Waals surface area (Å²) in [5.74, 6) is -0.701. The van der Waals surface area contributed by atoms with Gasteiger partial charge in [-0.25, -0.2) is 9.59 Å². The zero-order chi connectivity index (χ0) is 29.3. The highest BCUT2D eigenvalue weighted by Gasteiger charge is 2.30. The first kappa shape index (κ1) is 29.7. The lowest BCUT2D eigenvalue weighted by atomic mass is 9.96. The molecular formula is C27H29F3N4O6. The average Bonchev–Trinajstić information content (AvgIpc) is 2.88. The number of alkyl halides is 3. The van der Waals surface area contributed by atoms with Crippen molar-refractivity contribution in [2.75, 3.05) is 16.0 Å². The Morgan fingerprint density at radius 3 is 1.65 bits per heavy atom. The quantitative estimate of drug-likeness (QED) is 0.137. The number of aromatic hydroxyl groups is 4. The van der Waals surface area contributed by atoms with E-state index < -0.39 is 17.8 Å². The van der Waals surface area contributed by atoms with E-state index in [1.807, 2.05) is 0 Å².